The first-order valence-corrected chi connectivity index (χ1v) is 12.9. The van der Waals surface area contributed by atoms with Crippen LogP contribution in [0.5, 0.6) is 11.5 Å². The van der Waals surface area contributed by atoms with E-state index in [1.165, 1.54) is 6.21 Å². The van der Waals surface area contributed by atoms with Gasteiger partial charge in [0.1, 0.15) is 18.1 Å². The topological polar surface area (TPSA) is 98.8 Å². The predicted molar refractivity (Wildman–Crippen MR) is 144 cm³/mol. The van der Waals surface area contributed by atoms with E-state index < -0.39 is 0 Å². The van der Waals surface area contributed by atoms with E-state index in [-0.39, 0.29) is 29.4 Å². The molecule has 1 heterocycles. The van der Waals surface area contributed by atoms with Crippen molar-refractivity contribution in [2.45, 2.75) is 18.4 Å². The lowest BCUT2D eigenvalue weighted by Gasteiger charge is -2.09. The number of halogens is 3. The molecule has 4 rings (SSSR count). The van der Waals surface area contributed by atoms with Gasteiger partial charge in [0.15, 0.2) is 6.61 Å². The average molecular weight is 578 g/mol. The Morgan fingerprint density at radius 1 is 0.946 bits per heavy atom. The molecule has 0 fully saturated rings. The Morgan fingerprint density at radius 2 is 1.76 bits per heavy atom. The molecule has 1 amide bonds. The number of carbonyl (C=O) groups is 1. The maximum absolute atomic E-state index is 12.2. The van der Waals surface area contributed by atoms with Crippen molar-refractivity contribution in [3.05, 3.63) is 98.8 Å². The molecule has 8 nitrogen and oxygen atoms in total. The van der Waals surface area contributed by atoms with Crippen LogP contribution < -0.4 is 14.9 Å². The summed E-state index contributed by atoms with van der Waals surface area (Å²) in [6, 6.07) is 19.7. The van der Waals surface area contributed by atoms with E-state index in [1.807, 2.05) is 42.5 Å². The van der Waals surface area contributed by atoms with Gasteiger partial charge < -0.3 is 13.9 Å². The van der Waals surface area contributed by atoms with Crippen LogP contribution in [0.4, 0.5) is 0 Å². The molecule has 0 aliphatic carbocycles. The summed E-state index contributed by atoms with van der Waals surface area (Å²) in [5, 5.41) is 13.5. The Morgan fingerprint density at radius 3 is 2.59 bits per heavy atom. The lowest BCUT2D eigenvalue weighted by atomic mass is 10.2. The SMILES string of the molecule is O=C(CSc1nnc(COc2ccc(Cl)cc2Cl)o1)N/N=C\c1ccccc1OCc1cccc(Cl)c1. The molecule has 3 aromatic carbocycles. The van der Waals surface area contributed by atoms with Gasteiger partial charge in [-0.15, -0.1) is 10.2 Å². The van der Waals surface area contributed by atoms with Gasteiger partial charge in [-0.2, -0.15) is 5.10 Å². The van der Waals surface area contributed by atoms with Crippen LogP contribution in [0.25, 0.3) is 0 Å². The second-order valence-corrected chi connectivity index (χ2v) is 9.57. The lowest BCUT2D eigenvalue weighted by molar-refractivity contribution is -0.118. The number of rotatable bonds is 11. The number of hydrogen-bond acceptors (Lipinski definition) is 8. The van der Waals surface area contributed by atoms with E-state index in [1.54, 1.807) is 24.3 Å². The first kappa shape index (κ1) is 26.8. The molecule has 1 N–H and O–H groups in total. The van der Waals surface area contributed by atoms with Crippen LogP contribution in [0.1, 0.15) is 17.0 Å². The van der Waals surface area contributed by atoms with Gasteiger partial charge in [0.25, 0.3) is 17.0 Å². The fourth-order valence-electron chi connectivity index (χ4n) is 2.93. The smallest absolute Gasteiger partial charge is 0.277 e. The van der Waals surface area contributed by atoms with E-state index in [0.717, 1.165) is 17.3 Å². The van der Waals surface area contributed by atoms with Crippen LogP contribution in [-0.2, 0) is 18.0 Å². The van der Waals surface area contributed by atoms with E-state index in [2.05, 4.69) is 20.7 Å². The molecular formula is C25H19Cl3N4O4S. The van der Waals surface area contributed by atoms with Crippen molar-refractivity contribution in [3.8, 4) is 11.5 Å². The number of aromatic nitrogens is 2. The highest BCUT2D eigenvalue weighted by Crippen LogP contribution is 2.28. The molecule has 0 aliphatic rings. The Kier molecular flexibility index (Phi) is 9.67. The van der Waals surface area contributed by atoms with Gasteiger partial charge in [-0.05, 0) is 48.0 Å². The second-order valence-electron chi connectivity index (χ2n) is 7.36. The number of carbonyl (C=O) groups excluding carboxylic acids is 1. The summed E-state index contributed by atoms with van der Waals surface area (Å²) in [5.41, 5.74) is 4.12. The highest BCUT2D eigenvalue weighted by molar-refractivity contribution is 7.99. The standard InChI is InChI=1S/C25H19Cl3N4O4S/c26-18-6-3-4-16(10-18)13-34-21-7-2-1-5-17(21)12-29-30-23(33)15-37-25-32-31-24(36-25)14-35-22-9-8-19(27)11-20(22)28/h1-12H,13-15H2,(H,30,33)/b29-12-. The third kappa shape index (κ3) is 8.40. The maximum atomic E-state index is 12.2. The van der Waals surface area contributed by atoms with Crippen molar-refractivity contribution in [3.63, 3.8) is 0 Å². The largest absolute Gasteiger partial charge is 0.488 e. The molecule has 0 saturated carbocycles. The first-order chi connectivity index (χ1) is 18.0. The van der Waals surface area contributed by atoms with Gasteiger partial charge in [-0.1, -0.05) is 70.8 Å². The summed E-state index contributed by atoms with van der Waals surface area (Å²) in [5.74, 6) is 0.974. The molecule has 0 saturated heterocycles. The van der Waals surface area contributed by atoms with Crippen LogP contribution in [0.15, 0.2) is 81.5 Å². The van der Waals surface area contributed by atoms with Crippen molar-refractivity contribution in [1.82, 2.24) is 15.6 Å². The number of hydrogen-bond donors (Lipinski definition) is 1. The van der Waals surface area contributed by atoms with Gasteiger partial charge in [-0.3, -0.25) is 4.79 Å². The van der Waals surface area contributed by atoms with Gasteiger partial charge in [0, 0.05) is 15.6 Å². The quantitative estimate of drug-likeness (QED) is 0.125. The number of amides is 1. The summed E-state index contributed by atoms with van der Waals surface area (Å²) in [7, 11) is 0. The first-order valence-electron chi connectivity index (χ1n) is 10.8. The number of para-hydroxylation sites is 1. The van der Waals surface area contributed by atoms with E-state index in [9.17, 15) is 4.79 Å². The van der Waals surface area contributed by atoms with Crippen LogP contribution >= 0.6 is 46.6 Å². The van der Waals surface area contributed by atoms with Gasteiger partial charge in [0.05, 0.1) is 17.0 Å². The summed E-state index contributed by atoms with van der Waals surface area (Å²) >= 11 is 19.0. The predicted octanol–water partition coefficient (Wildman–Crippen LogP) is 6.43. The third-order valence-electron chi connectivity index (χ3n) is 4.62. The number of benzene rings is 3. The molecule has 37 heavy (non-hydrogen) atoms. The van der Waals surface area contributed by atoms with Crippen molar-refractivity contribution >= 4 is 58.7 Å². The second kappa shape index (κ2) is 13.3. The van der Waals surface area contributed by atoms with Crippen LogP contribution in [0.3, 0.4) is 0 Å². The molecule has 12 heteroatoms. The molecule has 0 radical (unpaired) electrons. The average Bonchev–Trinajstić information content (AvgIpc) is 3.34. The zero-order valence-corrected chi connectivity index (χ0v) is 22.2. The normalized spacial score (nSPS) is 11.0. The van der Waals surface area contributed by atoms with Crippen molar-refractivity contribution in [2.24, 2.45) is 5.10 Å². The van der Waals surface area contributed by atoms with Crippen LogP contribution in [-0.4, -0.2) is 28.1 Å². The molecule has 0 aliphatic heterocycles. The molecule has 0 atom stereocenters. The Balaban J connectivity index is 1.23. The number of nitrogens with one attached hydrogen (secondary N) is 1. The molecule has 0 bridgehead atoms. The Bertz CT molecular complexity index is 1400. The van der Waals surface area contributed by atoms with E-state index >= 15 is 0 Å². The molecular weight excluding hydrogens is 559 g/mol. The van der Waals surface area contributed by atoms with E-state index in [4.69, 9.17) is 48.7 Å². The van der Waals surface area contributed by atoms with Crippen LogP contribution in [0.2, 0.25) is 15.1 Å². The minimum absolute atomic E-state index is 0.0180. The molecule has 0 unspecified atom stereocenters. The molecule has 190 valence electrons. The van der Waals surface area contributed by atoms with Crippen molar-refractivity contribution in [2.75, 3.05) is 5.75 Å². The number of hydrazone groups is 1. The molecule has 4 aromatic rings. The maximum Gasteiger partial charge on any atom is 0.277 e. The number of nitrogens with zero attached hydrogens (tertiary/aromatic N) is 3. The number of thioether (sulfide) groups is 1. The Labute approximate surface area is 231 Å². The number of ether oxygens (including phenoxy) is 2. The van der Waals surface area contributed by atoms with Gasteiger partial charge in [-0.25, -0.2) is 5.43 Å². The lowest BCUT2D eigenvalue weighted by Crippen LogP contribution is -2.19. The summed E-state index contributed by atoms with van der Waals surface area (Å²) in [4.78, 5) is 12.2. The summed E-state index contributed by atoms with van der Waals surface area (Å²) in [6.45, 7) is 0.364. The minimum Gasteiger partial charge on any atom is -0.488 e. The zero-order valence-electron chi connectivity index (χ0n) is 19.1. The third-order valence-corrected chi connectivity index (χ3v) is 6.20. The highest BCUT2D eigenvalue weighted by atomic mass is 35.5. The molecule has 1 aromatic heterocycles. The van der Waals surface area contributed by atoms with Crippen molar-refractivity contribution in [1.29, 1.82) is 0 Å². The van der Waals surface area contributed by atoms with Crippen molar-refractivity contribution < 1.29 is 18.7 Å². The van der Waals surface area contributed by atoms with Crippen LogP contribution in [0, 0.1) is 0 Å². The van der Waals surface area contributed by atoms with Gasteiger partial charge in [0.2, 0.25) is 0 Å². The van der Waals surface area contributed by atoms with E-state index in [0.29, 0.717) is 38.7 Å². The minimum atomic E-state index is -0.345. The molecule has 0 spiro atoms. The summed E-state index contributed by atoms with van der Waals surface area (Å²) < 4.78 is 16.9. The highest BCUT2D eigenvalue weighted by Gasteiger charge is 2.11. The zero-order chi connectivity index (χ0) is 26.0. The Hall–Kier alpha value is -3.24. The summed E-state index contributed by atoms with van der Waals surface area (Å²) in [6.07, 6.45) is 1.51. The monoisotopic (exact) mass is 576 g/mol. The van der Waals surface area contributed by atoms with Gasteiger partial charge >= 0.3 is 0 Å². The fourth-order valence-corrected chi connectivity index (χ4v) is 4.18. The fraction of sp³-hybridized carbons (Fsp3) is 0.120.